The topological polar surface area (TPSA) is 55.9 Å². The Bertz CT molecular complexity index is 423. The molecule has 3 fully saturated rings. The Balaban J connectivity index is 1.64. The number of carbonyl (C=O) groups excluding carboxylic acids is 2. The van der Waals surface area contributed by atoms with Gasteiger partial charge in [-0.15, -0.1) is 0 Å². The number of carbonyl (C=O) groups is 2. The molecule has 1 spiro atoms. The second-order valence-corrected chi connectivity index (χ2v) is 6.99. The number of imide groups is 1. The van der Waals surface area contributed by atoms with Crippen molar-refractivity contribution in [3.05, 3.63) is 0 Å². The van der Waals surface area contributed by atoms with Crippen LogP contribution in [0.2, 0.25) is 0 Å². The number of amides is 3. The summed E-state index contributed by atoms with van der Waals surface area (Å²) in [6, 6.07) is -0.205. The molecule has 0 aromatic rings. The molecule has 3 heterocycles. The highest BCUT2D eigenvalue weighted by molar-refractivity contribution is 6.07. The van der Waals surface area contributed by atoms with Crippen molar-refractivity contribution in [2.45, 2.75) is 38.1 Å². The molecule has 0 saturated carbocycles. The van der Waals surface area contributed by atoms with Gasteiger partial charge in [-0.1, -0.05) is 6.92 Å². The largest absolute Gasteiger partial charge is 0.326 e. The number of likely N-dealkylation sites (tertiary alicyclic amines) is 2. The van der Waals surface area contributed by atoms with Crippen LogP contribution in [0.1, 0.15) is 32.6 Å². The minimum atomic E-state index is -0.632. The molecule has 0 atom stereocenters. The lowest BCUT2D eigenvalue weighted by Gasteiger charge is -2.36. The van der Waals surface area contributed by atoms with Crippen molar-refractivity contribution in [1.82, 2.24) is 20.0 Å². The molecule has 3 rings (SSSR count). The van der Waals surface area contributed by atoms with Gasteiger partial charge in [0, 0.05) is 26.2 Å². The Morgan fingerprint density at radius 3 is 2.38 bits per heavy atom. The Kier molecular flexibility index (Phi) is 3.92. The molecular weight excluding hydrogens is 268 g/mol. The molecule has 6 heteroatoms. The molecule has 3 aliphatic heterocycles. The lowest BCUT2D eigenvalue weighted by molar-refractivity contribution is -0.134. The molecular formula is C15H26N4O2. The SMILES string of the molecule is CC1CCN(CN2C(=O)NC3(CCN(C)CC3)C2=O)CC1. The van der Waals surface area contributed by atoms with Crippen LogP contribution in [0.4, 0.5) is 4.79 Å². The highest BCUT2D eigenvalue weighted by Crippen LogP contribution is 2.29. The van der Waals surface area contributed by atoms with E-state index < -0.39 is 5.54 Å². The Hall–Kier alpha value is -1.14. The molecule has 3 aliphatic rings. The summed E-state index contributed by atoms with van der Waals surface area (Å²) in [6.45, 7) is 6.40. The molecule has 0 unspecified atom stereocenters. The van der Waals surface area contributed by atoms with Crippen LogP contribution < -0.4 is 5.32 Å². The quantitative estimate of drug-likeness (QED) is 0.762. The van der Waals surface area contributed by atoms with Gasteiger partial charge in [-0.3, -0.25) is 9.69 Å². The maximum Gasteiger partial charge on any atom is 0.326 e. The normalized spacial score (nSPS) is 28.4. The summed E-state index contributed by atoms with van der Waals surface area (Å²) >= 11 is 0. The third-order valence-electron chi connectivity index (χ3n) is 5.30. The van der Waals surface area contributed by atoms with E-state index >= 15 is 0 Å². The van der Waals surface area contributed by atoms with E-state index in [0.717, 1.165) is 57.8 Å². The van der Waals surface area contributed by atoms with Crippen molar-refractivity contribution in [3.8, 4) is 0 Å². The third kappa shape index (κ3) is 2.79. The first-order chi connectivity index (χ1) is 10.00. The van der Waals surface area contributed by atoms with Crippen LogP contribution in [-0.2, 0) is 4.79 Å². The lowest BCUT2D eigenvalue weighted by atomic mass is 9.88. The molecule has 0 aromatic heterocycles. The van der Waals surface area contributed by atoms with Gasteiger partial charge in [-0.05, 0) is 38.6 Å². The Labute approximate surface area is 126 Å². The Morgan fingerprint density at radius 2 is 1.76 bits per heavy atom. The minimum Gasteiger partial charge on any atom is -0.323 e. The van der Waals surface area contributed by atoms with Crippen LogP contribution in [0.3, 0.4) is 0 Å². The summed E-state index contributed by atoms with van der Waals surface area (Å²) in [5.41, 5.74) is -0.632. The minimum absolute atomic E-state index is 0.0146. The van der Waals surface area contributed by atoms with E-state index in [4.69, 9.17) is 0 Å². The lowest BCUT2D eigenvalue weighted by Crippen LogP contribution is -2.54. The maximum atomic E-state index is 12.7. The first-order valence-corrected chi connectivity index (χ1v) is 8.05. The summed E-state index contributed by atoms with van der Waals surface area (Å²) in [4.78, 5) is 30.8. The van der Waals surface area contributed by atoms with Crippen LogP contribution in [0.15, 0.2) is 0 Å². The number of hydrogen-bond donors (Lipinski definition) is 1. The fourth-order valence-corrected chi connectivity index (χ4v) is 3.55. The molecule has 6 nitrogen and oxygen atoms in total. The molecule has 3 amide bonds. The second-order valence-electron chi connectivity index (χ2n) is 6.99. The zero-order valence-corrected chi connectivity index (χ0v) is 13.1. The van der Waals surface area contributed by atoms with Gasteiger partial charge < -0.3 is 10.2 Å². The number of hydrogen-bond acceptors (Lipinski definition) is 4. The van der Waals surface area contributed by atoms with E-state index in [0.29, 0.717) is 6.67 Å². The van der Waals surface area contributed by atoms with E-state index in [-0.39, 0.29) is 11.9 Å². The fourth-order valence-electron chi connectivity index (χ4n) is 3.55. The monoisotopic (exact) mass is 294 g/mol. The molecule has 21 heavy (non-hydrogen) atoms. The second kappa shape index (κ2) is 5.57. The van der Waals surface area contributed by atoms with Crippen molar-refractivity contribution in [2.24, 2.45) is 5.92 Å². The van der Waals surface area contributed by atoms with Gasteiger partial charge in [0.05, 0.1) is 6.67 Å². The van der Waals surface area contributed by atoms with Gasteiger partial charge in [0.1, 0.15) is 5.54 Å². The van der Waals surface area contributed by atoms with Crippen molar-refractivity contribution < 1.29 is 9.59 Å². The highest BCUT2D eigenvalue weighted by atomic mass is 16.2. The summed E-state index contributed by atoms with van der Waals surface area (Å²) in [5.74, 6) is 0.740. The van der Waals surface area contributed by atoms with Crippen LogP contribution in [0.25, 0.3) is 0 Å². The summed E-state index contributed by atoms with van der Waals surface area (Å²) in [6.07, 6.45) is 3.75. The molecule has 0 aliphatic carbocycles. The van der Waals surface area contributed by atoms with Gasteiger partial charge in [0.25, 0.3) is 5.91 Å². The van der Waals surface area contributed by atoms with E-state index in [2.05, 4.69) is 29.1 Å². The molecule has 118 valence electrons. The summed E-state index contributed by atoms with van der Waals surface area (Å²) < 4.78 is 0. The van der Waals surface area contributed by atoms with Crippen molar-refractivity contribution in [2.75, 3.05) is 39.9 Å². The van der Waals surface area contributed by atoms with Crippen LogP contribution in [0.5, 0.6) is 0 Å². The maximum absolute atomic E-state index is 12.7. The van der Waals surface area contributed by atoms with Crippen LogP contribution in [0, 0.1) is 5.92 Å². The third-order valence-corrected chi connectivity index (χ3v) is 5.30. The van der Waals surface area contributed by atoms with Gasteiger partial charge in [-0.2, -0.15) is 0 Å². The van der Waals surface area contributed by atoms with E-state index in [1.165, 1.54) is 4.90 Å². The highest BCUT2D eigenvalue weighted by Gasteiger charge is 2.52. The number of urea groups is 1. The molecule has 1 N–H and O–H groups in total. The standard InChI is InChI=1S/C15H26N4O2/c1-12-3-7-18(8-4-12)11-19-13(20)15(16-14(19)21)5-9-17(2)10-6-15/h12H,3-11H2,1-2H3,(H,16,21). The molecule has 0 radical (unpaired) electrons. The zero-order valence-electron chi connectivity index (χ0n) is 13.1. The van der Waals surface area contributed by atoms with Crippen molar-refractivity contribution in [3.63, 3.8) is 0 Å². The smallest absolute Gasteiger partial charge is 0.323 e. The summed E-state index contributed by atoms with van der Waals surface area (Å²) in [7, 11) is 2.06. The fraction of sp³-hybridized carbons (Fsp3) is 0.867. The van der Waals surface area contributed by atoms with Gasteiger partial charge >= 0.3 is 6.03 Å². The van der Waals surface area contributed by atoms with Crippen molar-refractivity contribution >= 4 is 11.9 Å². The van der Waals surface area contributed by atoms with Crippen LogP contribution >= 0.6 is 0 Å². The average Bonchev–Trinajstić information content (AvgIpc) is 2.69. The predicted molar refractivity (Wildman–Crippen MR) is 79.7 cm³/mol. The van der Waals surface area contributed by atoms with E-state index in [1.807, 2.05) is 0 Å². The summed E-state index contributed by atoms with van der Waals surface area (Å²) in [5, 5.41) is 2.97. The van der Waals surface area contributed by atoms with Gasteiger partial charge in [0.2, 0.25) is 0 Å². The Morgan fingerprint density at radius 1 is 1.14 bits per heavy atom. The number of piperidine rings is 2. The molecule has 0 aromatic carbocycles. The number of rotatable bonds is 2. The van der Waals surface area contributed by atoms with Crippen LogP contribution in [-0.4, -0.2) is 72.1 Å². The van der Waals surface area contributed by atoms with Gasteiger partial charge in [0.15, 0.2) is 0 Å². The zero-order chi connectivity index (χ0) is 15.0. The average molecular weight is 294 g/mol. The first-order valence-electron chi connectivity index (χ1n) is 8.05. The van der Waals surface area contributed by atoms with E-state index in [9.17, 15) is 9.59 Å². The molecule has 3 saturated heterocycles. The predicted octanol–water partition coefficient (Wildman–Crippen LogP) is 0.692. The number of nitrogens with one attached hydrogen (secondary N) is 1. The van der Waals surface area contributed by atoms with Crippen molar-refractivity contribution in [1.29, 1.82) is 0 Å². The van der Waals surface area contributed by atoms with Gasteiger partial charge in [-0.25, -0.2) is 9.69 Å². The first kappa shape index (κ1) is 14.8. The van der Waals surface area contributed by atoms with E-state index in [1.54, 1.807) is 0 Å². The molecule has 0 bridgehead atoms. The number of nitrogens with zero attached hydrogens (tertiary/aromatic N) is 3.